The molecular weight excluding hydrogens is 160 g/mol. The number of hydrogen-bond donors (Lipinski definition) is 2. The topological polar surface area (TPSA) is 114 Å². The van der Waals surface area contributed by atoms with Gasteiger partial charge in [-0.25, -0.2) is 4.79 Å². The van der Waals surface area contributed by atoms with E-state index in [-0.39, 0.29) is 48.1 Å². The summed E-state index contributed by atoms with van der Waals surface area (Å²) in [5.41, 5.74) is 0. The van der Waals surface area contributed by atoms with Crippen LogP contribution in [-0.4, -0.2) is 17.0 Å². The molecule has 0 atom stereocenters. The second-order valence-corrected chi connectivity index (χ2v) is 0.593. The number of hydrogen-bond acceptors (Lipinski definition) is 3. The van der Waals surface area contributed by atoms with Crippen molar-refractivity contribution in [3.05, 3.63) is 0 Å². The van der Waals surface area contributed by atoms with Gasteiger partial charge < -0.3 is 33.6 Å². The van der Waals surface area contributed by atoms with Crippen molar-refractivity contribution >= 4 is 11.9 Å². The molecule has 0 bridgehead atoms. The SMILES string of the molecule is O=C([O-])C(=O)O.[Cl-].[NH4+].[Na+]. The van der Waals surface area contributed by atoms with Crippen LogP contribution in [0.2, 0.25) is 0 Å². The number of aliphatic carboxylic acids is 2. The summed E-state index contributed by atoms with van der Waals surface area (Å²) in [5.74, 6) is -4.01. The van der Waals surface area contributed by atoms with Gasteiger partial charge in [0.25, 0.3) is 0 Å². The molecule has 0 saturated carbocycles. The molecule has 5 nitrogen and oxygen atoms in total. The molecule has 0 radical (unpaired) electrons. The maximum atomic E-state index is 9.04. The minimum absolute atomic E-state index is 0. The summed E-state index contributed by atoms with van der Waals surface area (Å²) in [7, 11) is 0. The molecule has 0 aromatic carbocycles. The summed E-state index contributed by atoms with van der Waals surface area (Å²) in [6.45, 7) is 0. The van der Waals surface area contributed by atoms with Crippen molar-refractivity contribution in [3.8, 4) is 0 Å². The van der Waals surface area contributed by atoms with Gasteiger partial charge in [-0.2, -0.15) is 0 Å². The van der Waals surface area contributed by atoms with Gasteiger partial charge >= 0.3 is 35.5 Å². The van der Waals surface area contributed by atoms with Gasteiger partial charge in [-0.1, -0.05) is 0 Å². The van der Waals surface area contributed by atoms with E-state index in [1.165, 1.54) is 0 Å². The molecule has 0 aromatic rings. The Hall–Kier alpha value is 0.190. The van der Waals surface area contributed by atoms with E-state index in [0.717, 1.165) is 0 Å². The maximum Gasteiger partial charge on any atom is 1.00 e. The Morgan fingerprint density at radius 3 is 1.44 bits per heavy atom. The molecule has 0 aliphatic carbocycles. The average Bonchev–Trinajstić information content (AvgIpc) is 1.36. The molecule has 5 N–H and O–H groups in total. The van der Waals surface area contributed by atoms with Crippen molar-refractivity contribution < 1.29 is 61.8 Å². The van der Waals surface area contributed by atoms with Crippen LogP contribution in [0.15, 0.2) is 0 Å². The van der Waals surface area contributed by atoms with Gasteiger partial charge in [0.1, 0.15) is 0 Å². The van der Waals surface area contributed by atoms with Crippen LogP contribution in [0.25, 0.3) is 0 Å². The Bertz CT molecular complexity index is 84.6. The van der Waals surface area contributed by atoms with Gasteiger partial charge in [0.05, 0.1) is 0 Å². The standard InChI is InChI=1S/C2H2O4.ClH.H3N.Na/c3-1(4)2(5)6;;;/h(H,3,4)(H,5,6);1H;1H3;/q;;;+1/p-1. The van der Waals surface area contributed by atoms with Crippen LogP contribution in [-0.2, 0) is 9.59 Å². The third kappa shape index (κ3) is 17.9. The van der Waals surface area contributed by atoms with E-state index >= 15 is 0 Å². The Labute approximate surface area is 79.7 Å². The summed E-state index contributed by atoms with van der Waals surface area (Å²) in [5, 5.41) is 16.3. The van der Waals surface area contributed by atoms with Crippen molar-refractivity contribution in [2.75, 3.05) is 0 Å². The average molecular weight is 166 g/mol. The molecular formula is C2H5ClNNaO4. The van der Waals surface area contributed by atoms with Crippen LogP contribution >= 0.6 is 0 Å². The molecule has 0 fully saturated rings. The summed E-state index contributed by atoms with van der Waals surface area (Å²) >= 11 is 0. The van der Waals surface area contributed by atoms with Crippen LogP contribution < -0.4 is 53.2 Å². The minimum Gasteiger partial charge on any atom is -1.00 e. The first-order chi connectivity index (χ1) is 2.64. The number of quaternary nitrogens is 1. The van der Waals surface area contributed by atoms with Gasteiger partial charge in [-0.15, -0.1) is 0 Å². The molecule has 0 heterocycles. The number of carboxylic acid groups (broad SMARTS) is 2. The van der Waals surface area contributed by atoms with Crippen LogP contribution in [0.4, 0.5) is 0 Å². The van der Waals surface area contributed by atoms with Crippen LogP contribution in [0.1, 0.15) is 0 Å². The summed E-state index contributed by atoms with van der Waals surface area (Å²) in [4.78, 5) is 18.0. The van der Waals surface area contributed by atoms with Crippen molar-refractivity contribution in [2.45, 2.75) is 0 Å². The third-order valence-electron chi connectivity index (χ3n) is 0.175. The van der Waals surface area contributed by atoms with Crippen LogP contribution in [0.3, 0.4) is 0 Å². The fourth-order valence-corrected chi connectivity index (χ4v) is 0. The third-order valence-corrected chi connectivity index (χ3v) is 0.175. The zero-order chi connectivity index (χ0) is 5.15. The molecule has 0 amide bonds. The summed E-state index contributed by atoms with van der Waals surface area (Å²) in [6, 6.07) is 0. The first-order valence-corrected chi connectivity index (χ1v) is 1.09. The first kappa shape index (κ1) is 22.9. The molecule has 0 saturated heterocycles. The largest absolute Gasteiger partial charge is 1.00 e. The van der Waals surface area contributed by atoms with Crippen LogP contribution in [0.5, 0.6) is 0 Å². The molecule has 7 heteroatoms. The van der Waals surface area contributed by atoms with Gasteiger partial charge in [0.15, 0.2) is 5.97 Å². The fourth-order valence-electron chi connectivity index (χ4n) is 0. The Morgan fingerprint density at radius 2 is 1.44 bits per heavy atom. The molecule has 0 aromatic heterocycles. The predicted molar refractivity (Wildman–Crippen MR) is 18.6 cm³/mol. The quantitative estimate of drug-likeness (QED) is 0.274. The van der Waals surface area contributed by atoms with E-state index in [4.69, 9.17) is 19.8 Å². The Kier molecular flexibility index (Phi) is 28.1. The van der Waals surface area contributed by atoms with E-state index in [1.54, 1.807) is 0 Å². The fraction of sp³-hybridized carbons (Fsp3) is 0. The predicted octanol–water partition coefficient (Wildman–Crippen LogP) is -7.79. The summed E-state index contributed by atoms with van der Waals surface area (Å²) in [6.07, 6.45) is 0. The minimum atomic E-state index is -2.07. The summed E-state index contributed by atoms with van der Waals surface area (Å²) < 4.78 is 0. The van der Waals surface area contributed by atoms with E-state index < -0.39 is 11.9 Å². The van der Waals surface area contributed by atoms with Crippen molar-refractivity contribution in [1.29, 1.82) is 0 Å². The number of carbonyl (C=O) groups is 2. The van der Waals surface area contributed by atoms with Crippen LogP contribution in [0, 0.1) is 0 Å². The van der Waals surface area contributed by atoms with Crippen molar-refractivity contribution in [2.24, 2.45) is 0 Å². The number of carbonyl (C=O) groups excluding carboxylic acids is 1. The van der Waals surface area contributed by atoms with E-state index in [0.29, 0.717) is 0 Å². The zero-order valence-corrected chi connectivity index (χ0v) is 7.81. The number of rotatable bonds is 0. The molecule has 0 aliphatic heterocycles. The molecule has 0 unspecified atom stereocenters. The van der Waals surface area contributed by atoms with Gasteiger partial charge in [-0.05, 0) is 0 Å². The normalized spacial score (nSPS) is 4.89. The monoisotopic (exact) mass is 165 g/mol. The smallest absolute Gasteiger partial charge is 1.00 e. The maximum absolute atomic E-state index is 9.04. The molecule has 0 aliphatic rings. The second-order valence-electron chi connectivity index (χ2n) is 0.593. The van der Waals surface area contributed by atoms with E-state index in [9.17, 15) is 0 Å². The van der Waals surface area contributed by atoms with Crippen molar-refractivity contribution in [1.82, 2.24) is 6.15 Å². The zero-order valence-electron chi connectivity index (χ0n) is 5.05. The molecule has 0 spiro atoms. The Balaban J connectivity index is -0.0000000417. The van der Waals surface area contributed by atoms with Gasteiger partial charge in [0, 0.05) is 0 Å². The molecule has 9 heavy (non-hydrogen) atoms. The van der Waals surface area contributed by atoms with Gasteiger partial charge in [-0.3, -0.25) is 0 Å². The Morgan fingerprint density at radius 1 is 1.33 bits per heavy atom. The second kappa shape index (κ2) is 11.0. The van der Waals surface area contributed by atoms with Gasteiger partial charge in [0.2, 0.25) is 0 Å². The molecule has 0 rings (SSSR count). The first-order valence-electron chi connectivity index (χ1n) is 1.09. The van der Waals surface area contributed by atoms with E-state index in [2.05, 4.69) is 0 Å². The van der Waals surface area contributed by atoms with E-state index in [1.807, 2.05) is 0 Å². The molecule has 50 valence electrons. The number of carboxylic acids is 2. The number of halogens is 1. The van der Waals surface area contributed by atoms with Crippen molar-refractivity contribution in [3.63, 3.8) is 0 Å².